The first-order chi connectivity index (χ1) is 21.7. The smallest absolute Gasteiger partial charge is 0.338 e. The van der Waals surface area contributed by atoms with E-state index in [1.165, 1.54) is 0 Å². The van der Waals surface area contributed by atoms with Crippen LogP contribution in [0.15, 0.2) is 59.5 Å². The van der Waals surface area contributed by atoms with Crippen molar-refractivity contribution in [1.82, 2.24) is 5.32 Å². The van der Waals surface area contributed by atoms with Gasteiger partial charge in [0.25, 0.3) is 0 Å². The van der Waals surface area contributed by atoms with Gasteiger partial charge in [-0.25, -0.2) is 9.59 Å². The first-order valence-electron chi connectivity index (χ1n) is 16.4. The Labute approximate surface area is 279 Å². The molecule has 1 amide bonds. The monoisotopic (exact) mass is 655 g/mol. The first kappa shape index (κ1) is 38.9. The van der Waals surface area contributed by atoms with Crippen molar-refractivity contribution in [3.8, 4) is 0 Å². The third-order valence-corrected chi connectivity index (χ3v) is 7.81. The van der Waals surface area contributed by atoms with Gasteiger partial charge in [-0.15, -0.1) is 11.8 Å². The molecule has 2 aromatic rings. The second kappa shape index (κ2) is 20.0. The van der Waals surface area contributed by atoms with Gasteiger partial charge in [0.1, 0.15) is 23.9 Å². The van der Waals surface area contributed by atoms with Crippen LogP contribution in [0.4, 0.5) is 0 Å². The molecule has 0 fully saturated rings. The van der Waals surface area contributed by atoms with Crippen molar-refractivity contribution in [3.63, 3.8) is 0 Å². The highest BCUT2D eigenvalue weighted by Gasteiger charge is 2.27. The van der Waals surface area contributed by atoms with Crippen molar-refractivity contribution in [2.75, 3.05) is 5.75 Å². The summed E-state index contributed by atoms with van der Waals surface area (Å²) in [4.78, 5) is 51.0. The maximum Gasteiger partial charge on any atom is 0.338 e. The van der Waals surface area contributed by atoms with E-state index >= 15 is 0 Å². The normalized spacial score (nSPS) is 12.2. The Hall–Kier alpha value is -3.33. The molecule has 2 aromatic carbocycles. The van der Waals surface area contributed by atoms with Gasteiger partial charge >= 0.3 is 17.9 Å². The fraction of sp³-hybridized carbons (Fsp3) is 0.568. The Morgan fingerprint density at radius 2 is 1.30 bits per heavy atom. The third kappa shape index (κ3) is 18.0. The Morgan fingerprint density at radius 3 is 1.91 bits per heavy atom. The molecule has 2 rings (SSSR count). The van der Waals surface area contributed by atoms with Crippen molar-refractivity contribution < 1.29 is 33.4 Å². The minimum atomic E-state index is -0.906. The number of carbonyl (C=O) groups excluding carboxylic acids is 4. The van der Waals surface area contributed by atoms with Crippen molar-refractivity contribution in [1.29, 1.82) is 0 Å². The average Bonchev–Trinajstić information content (AvgIpc) is 2.98. The number of carbonyl (C=O) groups is 4. The molecule has 46 heavy (non-hydrogen) atoms. The quantitative estimate of drug-likeness (QED) is 0.0698. The number of amides is 1. The van der Waals surface area contributed by atoms with E-state index in [0.29, 0.717) is 12.0 Å². The van der Waals surface area contributed by atoms with Crippen LogP contribution in [0.5, 0.6) is 0 Å². The van der Waals surface area contributed by atoms with Gasteiger partial charge in [-0.3, -0.25) is 9.59 Å². The summed E-state index contributed by atoms with van der Waals surface area (Å²) in [6.45, 7) is 11.0. The number of hydrogen-bond acceptors (Lipinski definition) is 8. The summed E-state index contributed by atoms with van der Waals surface area (Å²) < 4.78 is 16.2. The molecule has 0 saturated heterocycles. The Bertz CT molecular complexity index is 1220. The highest BCUT2D eigenvalue weighted by molar-refractivity contribution is 7.99. The van der Waals surface area contributed by atoms with Gasteiger partial charge in [0, 0.05) is 17.7 Å². The molecule has 0 unspecified atom stereocenters. The number of thioether (sulfide) groups is 1. The molecule has 0 spiro atoms. The zero-order valence-corrected chi connectivity index (χ0v) is 29.3. The molecule has 0 aliphatic carbocycles. The van der Waals surface area contributed by atoms with E-state index in [1.807, 2.05) is 75.4 Å². The number of unbranched alkanes of at least 4 members (excludes halogenated alkanes) is 6. The average molecular weight is 656 g/mol. The fourth-order valence-corrected chi connectivity index (χ4v) is 5.36. The lowest BCUT2D eigenvalue weighted by Crippen LogP contribution is -2.44. The Morgan fingerprint density at radius 1 is 0.717 bits per heavy atom. The topological polar surface area (TPSA) is 108 Å². The highest BCUT2D eigenvalue weighted by Crippen LogP contribution is 2.22. The highest BCUT2D eigenvalue weighted by atomic mass is 32.2. The second-order valence-corrected chi connectivity index (χ2v) is 14.6. The van der Waals surface area contributed by atoms with Crippen LogP contribution < -0.4 is 5.32 Å². The van der Waals surface area contributed by atoms with Crippen molar-refractivity contribution in [2.24, 2.45) is 0 Å². The van der Waals surface area contributed by atoms with Crippen LogP contribution in [-0.4, -0.2) is 46.8 Å². The molecule has 8 nitrogen and oxygen atoms in total. The summed E-state index contributed by atoms with van der Waals surface area (Å²) >= 11 is 1.79. The second-order valence-electron chi connectivity index (χ2n) is 13.4. The molecule has 1 atom stereocenters. The van der Waals surface area contributed by atoms with Crippen LogP contribution in [0.3, 0.4) is 0 Å². The van der Waals surface area contributed by atoms with Crippen LogP contribution in [-0.2, 0) is 35.2 Å². The summed E-state index contributed by atoms with van der Waals surface area (Å²) in [5, 5.41) is 2.78. The van der Waals surface area contributed by atoms with Crippen LogP contribution in [0.1, 0.15) is 122 Å². The van der Waals surface area contributed by atoms with E-state index in [2.05, 4.69) is 5.32 Å². The van der Waals surface area contributed by atoms with E-state index in [-0.39, 0.29) is 31.3 Å². The molecule has 1 N–H and O–H groups in total. The molecule has 0 radical (unpaired) electrons. The van der Waals surface area contributed by atoms with E-state index in [4.69, 9.17) is 14.2 Å². The lowest BCUT2D eigenvalue weighted by molar-refractivity contribution is -0.159. The first-order valence-corrected chi connectivity index (χ1v) is 17.4. The van der Waals surface area contributed by atoms with Crippen LogP contribution in [0.25, 0.3) is 0 Å². The molecule has 0 aromatic heterocycles. The summed E-state index contributed by atoms with van der Waals surface area (Å²) in [6.07, 6.45) is 7.68. The van der Waals surface area contributed by atoms with Gasteiger partial charge in [-0.2, -0.15) is 0 Å². The van der Waals surface area contributed by atoms with Gasteiger partial charge in [0.15, 0.2) is 0 Å². The van der Waals surface area contributed by atoms with Crippen LogP contribution in [0, 0.1) is 0 Å². The molecular weight excluding hydrogens is 602 g/mol. The van der Waals surface area contributed by atoms with Crippen LogP contribution >= 0.6 is 11.8 Å². The number of esters is 3. The van der Waals surface area contributed by atoms with E-state index in [0.717, 1.165) is 61.2 Å². The minimum Gasteiger partial charge on any atom is -0.461 e. The van der Waals surface area contributed by atoms with Crippen molar-refractivity contribution in [2.45, 2.75) is 134 Å². The van der Waals surface area contributed by atoms with E-state index in [1.54, 1.807) is 32.5 Å². The minimum absolute atomic E-state index is 0.00406. The maximum absolute atomic E-state index is 12.8. The summed E-state index contributed by atoms with van der Waals surface area (Å²) in [7, 11) is 0. The Balaban J connectivity index is 1.60. The molecule has 0 aliphatic heterocycles. The molecule has 0 bridgehead atoms. The SMILES string of the molecule is CC(C)(C)OC(=O)c1ccc(SCCCCCCCCCC(=O)N[C@@H](CCC(=O)OCc2ccccc2)C(=O)OC(C)(C)C)cc1. The maximum atomic E-state index is 12.8. The van der Waals surface area contributed by atoms with Gasteiger partial charge in [0.05, 0.1) is 5.56 Å². The number of ether oxygens (including phenoxy) is 3. The lowest BCUT2D eigenvalue weighted by atomic mass is 10.1. The number of rotatable bonds is 19. The van der Waals surface area contributed by atoms with Gasteiger partial charge in [0.2, 0.25) is 5.91 Å². The zero-order valence-electron chi connectivity index (χ0n) is 28.5. The number of benzene rings is 2. The fourth-order valence-electron chi connectivity index (χ4n) is 4.45. The molecule has 254 valence electrons. The summed E-state index contributed by atoms with van der Waals surface area (Å²) in [6, 6.07) is 16.0. The van der Waals surface area contributed by atoms with E-state index in [9.17, 15) is 19.2 Å². The van der Waals surface area contributed by atoms with Crippen molar-refractivity contribution >= 4 is 35.6 Å². The summed E-state index contributed by atoms with van der Waals surface area (Å²) in [5.74, 6) is -0.477. The third-order valence-electron chi connectivity index (χ3n) is 6.71. The molecule has 0 saturated carbocycles. The van der Waals surface area contributed by atoms with Crippen molar-refractivity contribution in [3.05, 3.63) is 65.7 Å². The van der Waals surface area contributed by atoms with Gasteiger partial charge < -0.3 is 19.5 Å². The zero-order chi connectivity index (χ0) is 34.0. The largest absolute Gasteiger partial charge is 0.461 e. The summed E-state index contributed by atoms with van der Waals surface area (Å²) in [5.41, 5.74) is 0.236. The van der Waals surface area contributed by atoms with Crippen LogP contribution in [0.2, 0.25) is 0 Å². The van der Waals surface area contributed by atoms with Gasteiger partial charge in [-0.1, -0.05) is 62.4 Å². The molecular formula is C37H53NO7S. The molecule has 0 heterocycles. The molecule has 0 aliphatic rings. The van der Waals surface area contributed by atoms with Gasteiger partial charge in [-0.05, 0) is 96.4 Å². The lowest BCUT2D eigenvalue weighted by Gasteiger charge is -2.24. The number of hydrogen-bond donors (Lipinski definition) is 1. The Kier molecular flexibility index (Phi) is 16.9. The standard InChI is InChI=1S/C37H53NO7S/c1-36(2,3)44-34(41)29-20-22-30(23-21-29)46-26-16-11-9-7-8-10-15-19-32(39)38-31(35(42)45-37(4,5)6)24-25-33(40)43-27-28-17-13-12-14-18-28/h12-14,17-18,20-23,31H,7-11,15-16,19,24-27H2,1-6H3,(H,38,39)/t31-/m0/s1. The predicted octanol–water partition coefficient (Wildman–Crippen LogP) is 8.20. The van der Waals surface area contributed by atoms with E-state index < -0.39 is 29.2 Å². The number of nitrogens with one attached hydrogen (secondary N) is 1. The molecule has 9 heteroatoms. The predicted molar refractivity (Wildman–Crippen MR) is 183 cm³/mol.